The van der Waals surface area contributed by atoms with E-state index in [-0.39, 0.29) is 12.0 Å². The number of hydrogen-bond donors (Lipinski definition) is 7. The van der Waals surface area contributed by atoms with Gasteiger partial charge in [0.1, 0.15) is 11.7 Å². The molecule has 2 fully saturated rings. The van der Waals surface area contributed by atoms with Crippen LogP contribution < -0.4 is 28.3 Å². The van der Waals surface area contributed by atoms with Crippen molar-refractivity contribution in [1.29, 1.82) is 0 Å². The van der Waals surface area contributed by atoms with Crippen LogP contribution in [0, 0.1) is 0 Å². The number of nitrogens with two attached hydrogens (primary N) is 4. The van der Waals surface area contributed by atoms with E-state index in [2.05, 4.69) is 5.32 Å². The highest BCUT2D eigenvalue weighted by atomic mass is 16.5. The molecule has 9 heteroatoms. The molecule has 1 saturated heterocycles. The monoisotopic (exact) mass is 359 g/mol. The molecule has 25 heavy (non-hydrogen) atoms. The van der Waals surface area contributed by atoms with E-state index in [9.17, 15) is 15.0 Å². The predicted octanol–water partition coefficient (Wildman–Crippen LogP) is -2.74. The zero-order chi connectivity index (χ0) is 18.6. The molecule has 7 atom stereocenters. The number of carbonyl (C=O) groups is 1. The third kappa shape index (κ3) is 4.48. The lowest BCUT2D eigenvalue weighted by Gasteiger charge is -2.47. The zero-order valence-electron chi connectivity index (χ0n) is 14.6. The first kappa shape index (κ1) is 20.5. The van der Waals surface area contributed by atoms with Crippen molar-refractivity contribution in [3.63, 3.8) is 0 Å². The lowest BCUT2D eigenvalue weighted by Crippen LogP contribution is -2.68. The molecular formula is C16H33N5O4. The summed E-state index contributed by atoms with van der Waals surface area (Å²) in [7, 11) is 0. The Morgan fingerprint density at radius 3 is 2.72 bits per heavy atom. The van der Waals surface area contributed by atoms with E-state index in [0.29, 0.717) is 38.8 Å². The maximum atomic E-state index is 12.0. The summed E-state index contributed by atoms with van der Waals surface area (Å²) in [6, 6.07) is -1.59. The van der Waals surface area contributed by atoms with E-state index in [1.807, 2.05) is 0 Å². The van der Waals surface area contributed by atoms with Gasteiger partial charge in [-0.05, 0) is 38.6 Å². The molecule has 1 amide bonds. The van der Waals surface area contributed by atoms with Gasteiger partial charge < -0.3 is 43.2 Å². The standard InChI is InChI=1S/C16H33N5O4/c17-6-2-1-3-10(18)15(24)21-8-9-4-5-16(25-9)12(20)7-11(19)13(22)14(16)23/h9-14,22-23H,1-8,17-20H2,(H,21,24)/t9-,10-,11+,12-,13-,14+,16-/m0/s1. The van der Waals surface area contributed by atoms with E-state index >= 15 is 0 Å². The normalized spacial score (nSPS) is 39.5. The molecule has 0 unspecified atom stereocenters. The van der Waals surface area contributed by atoms with Crippen LogP contribution in [-0.2, 0) is 9.53 Å². The van der Waals surface area contributed by atoms with Gasteiger partial charge in [-0.1, -0.05) is 6.42 Å². The number of amides is 1. The molecule has 0 bridgehead atoms. The van der Waals surface area contributed by atoms with E-state index in [1.54, 1.807) is 0 Å². The van der Waals surface area contributed by atoms with E-state index in [4.69, 9.17) is 27.7 Å². The summed E-state index contributed by atoms with van der Waals surface area (Å²) in [6.45, 7) is 0.886. The molecule has 2 rings (SSSR count). The van der Waals surface area contributed by atoms with Crippen molar-refractivity contribution in [2.24, 2.45) is 22.9 Å². The largest absolute Gasteiger partial charge is 0.389 e. The van der Waals surface area contributed by atoms with Crippen molar-refractivity contribution < 1.29 is 19.7 Å². The van der Waals surface area contributed by atoms with Crippen molar-refractivity contribution in [3.8, 4) is 0 Å². The van der Waals surface area contributed by atoms with Crippen LogP contribution in [0.3, 0.4) is 0 Å². The quantitative estimate of drug-likeness (QED) is 0.239. The molecule has 1 aliphatic heterocycles. The van der Waals surface area contributed by atoms with Crippen LogP contribution in [0.4, 0.5) is 0 Å². The van der Waals surface area contributed by atoms with Crippen molar-refractivity contribution in [2.75, 3.05) is 13.1 Å². The van der Waals surface area contributed by atoms with Crippen LogP contribution in [0.2, 0.25) is 0 Å². The van der Waals surface area contributed by atoms with Gasteiger partial charge in [0.15, 0.2) is 0 Å². The number of hydrogen-bond acceptors (Lipinski definition) is 8. The Morgan fingerprint density at radius 1 is 1.32 bits per heavy atom. The molecule has 1 aliphatic carbocycles. The average Bonchev–Trinajstić information content (AvgIpc) is 3.02. The number of aliphatic hydroxyl groups is 2. The second kappa shape index (κ2) is 8.72. The Balaban J connectivity index is 1.83. The minimum atomic E-state index is -1.13. The molecule has 0 aromatic rings. The number of nitrogens with one attached hydrogen (secondary N) is 1. The summed E-state index contributed by atoms with van der Waals surface area (Å²) in [5.41, 5.74) is 22.2. The second-order valence-corrected chi connectivity index (χ2v) is 7.31. The Bertz CT molecular complexity index is 454. The molecule has 0 aromatic carbocycles. The predicted molar refractivity (Wildman–Crippen MR) is 93.3 cm³/mol. The summed E-state index contributed by atoms with van der Waals surface area (Å²) in [6.07, 6.45) is 1.30. The lowest BCUT2D eigenvalue weighted by atomic mass is 9.73. The fourth-order valence-corrected chi connectivity index (χ4v) is 3.81. The van der Waals surface area contributed by atoms with Gasteiger partial charge in [-0.15, -0.1) is 0 Å². The van der Waals surface area contributed by atoms with Crippen LogP contribution >= 0.6 is 0 Å². The van der Waals surface area contributed by atoms with Crippen molar-refractivity contribution in [2.45, 2.75) is 80.6 Å². The smallest absolute Gasteiger partial charge is 0.237 e. The van der Waals surface area contributed by atoms with Gasteiger partial charge in [0.2, 0.25) is 5.91 Å². The molecule has 1 heterocycles. The van der Waals surface area contributed by atoms with Crippen molar-refractivity contribution in [3.05, 3.63) is 0 Å². The average molecular weight is 359 g/mol. The maximum Gasteiger partial charge on any atom is 0.237 e. The summed E-state index contributed by atoms with van der Waals surface area (Å²) < 4.78 is 6.00. The van der Waals surface area contributed by atoms with E-state index in [1.165, 1.54) is 0 Å². The topological polar surface area (TPSA) is 183 Å². The molecular weight excluding hydrogens is 326 g/mol. The first-order valence-electron chi connectivity index (χ1n) is 9.10. The molecule has 0 radical (unpaired) electrons. The summed E-state index contributed by atoms with van der Waals surface area (Å²) in [4.78, 5) is 12.0. The van der Waals surface area contributed by atoms with Crippen LogP contribution in [0.15, 0.2) is 0 Å². The van der Waals surface area contributed by atoms with Gasteiger partial charge in [0, 0.05) is 18.6 Å². The highest BCUT2D eigenvalue weighted by molar-refractivity contribution is 5.81. The molecule has 11 N–H and O–H groups in total. The highest BCUT2D eigenvalue weighted by Gasteiger charge is 2.56. The molecule has 0 aromatic heterocycles. The Labute approximate surface area is 148 Å². The Morgan fingerprint density at radius 2 is 2.04 bits per heavy atom. The Kier molecular flexibility index (Phi) is 7.15. The number of ether oxygens (including phenoxy) is 1. The number of carbonyl (C=O) groups excluding carboxylic acids is 1. The first-order valence-corrected chi connectivity index (χ1v) is 9.10. The fraction of sp³-hybridized carbons (Fsp3) is 0.938. The lowest BCUT2D eigenvalue weighted by molar-refractivity contribution is -0.185. The van der Waals surface area contributed by atoms with Crippen LogP contribution in [-0.4, -0.2) is 71.2 Å². The highest BCUT2D eigenvalue weighted by Crippen LogP contribution is 2.41. The van der Waals surface area contributed by atoms with E-state index < -0.39 is 35.9 Å². The molecule has 1 saturated carbocycles. The fourth-order valence-electron chi connectivity index (χ4n) is 3.81. The third-order valence-corrected chi connectivity index (χ3v) is 5.47. The number of aliphatic hydroxyl groups excluding tert-OH is 2. The van der Waals surface area contributed by atoms with Crippen molar-refractivity contribution >= 4 is 5.91 Å². The second-order valence-electron chi connectivity index (χ2n) is 7.31. The first-order chi connectivity index (χ1) is 11.8. The summed E-state index contributed by atoms with van der Waals surface area (Å²) in [5.74, 6) is -0.225. The summed E-state index contributed by atoms with van der Waals surface area (Å²) in [5, 5.41) is 23.3. The van der Waals surface area contributed by atoms with Crippen LogP contribution in [0.25, 0.3) is 0 Å². The van der Waals surface area contributed by atoms with E-state index in [0.717, 1.165) is 12.8 Å². The molecule has 1 spiro atoms. The van der Waals surface area contributed by atoms with Crippen LogP contribution in [0.5, 0.6) is 0 Å². The maximum absolute atomic E-state index is 12.0. The zero-order valence-corrected chi connectivity index (χ0v) is 14.6. The van der Waals surface area contributed by atoms with Crippen molar-refractivity contribution in [1.82, 2.24) is 5.32 Å². The van der Waals surface area contributed by atoms with Gasteiger partial charge in [-0.25, -0.2) is 0 Å². The van der Waals surface area contributed by atoms with Gasteiger partial charge in [-0.2, -0.15) is 0 Å². The summed E-state index contributed by atoms with van der Waals surface area (Å²) >= 11 is 0. The molecule has 9 nitrogen and oxygen atoms in total. The van der Waals surface area contributed by atoms with Gasteiger partial charge in [-0.3, -0.25) is 4.79 Å². The van der Waals surface area contributed by atoms with Gasteiger partial charge >= 0.3 is 0 Å². The number of rotatable bonds is 7. The van der Waals surface area contributed by atoms with Crippen LogP contribution in [0.1, 0.15) is 38.5 Å². The molecule has 2 aliphatic rings. The number of unbranched alkanes of at least 4 members (excludes halogenated alkanes) is 1. The minimum Gasteiger partial charge on any atom is -0.389 e. The third-order valence-electron chi connectivity index (χ3n) is 5.47. The van der Waals surface area contributed by atoms with Gasteiger partial charge in [0.05, 0.1) is 18.2 Å². The molecule has 146 valence electrons. The Hall–Kier alpha value is -0.810. The van der Waals surface area contributed by atoms with Gasteiger partial charge in [0.25, 0.3) is 0 Å². The SMILES string of the molecule is NCCCC[C@H](N)C(=O)NC[C@@H]1CC[C@@]2(O1)[C@H](O)[C@@H](O)[C@H](N)C[C@@H]2N. The minimum absolute atomic E-state index is 0.225.